The van der Waals surface area contributed by atoms with E-state index in [0.717, 1.165) is 40.1 Å². The Morgan fingerprint density at radius 1 is 0.929 bits per heavy atom. The molecular weight excluding hydrogens is 570 g/mol. The Kier molecular flexibility index (Phi) is 11.6. The number of benzene rings is 3. The highest BCUT2D eigenvalue weighted by atomic mass is 35.5. The molecule has 0 aromatic heterocycles. The molecule has 2 amide bonds. The second-order valence-corrected chi connectivity index (χ2v) is 13.9. The lowest BCUT2D eigenvalue weighted by atomic mass is 9.87. The summed E-state index contributed by atoms with van der Waals surface area (Å²) in [5.74, 6) is -0.782. The largest absolute Gasteiger partial charge is 0.354 e. The molecule has 0 radical (unpaired) electrons. The summed E-state index contributed by atoms with van der Waals surface area (Å²) in [6.07, 6.45) is 3.06. The lowest BCUT2D eigenvalue weighted by Gasteiger charge is -2.33. The molecule has 0 saturated carbocycles. The standard InChI is InChI=1S/C33H42ClN3O4S/c1-6-7-20-35-32(39)30(22-25-12-9-8-10-13-25)36(23-26-14-11-15-28(34)21-26)31(38)24-37(42(5,40)41)29-18-16-27(17-19-29)33(2,3)4/h8-19,21,30H,6-7,20,22-24H2,1-5H3,(H,35,39). The lowest BCUT2D eigenvalue weighted by Crippen LogP contribution is -2.53. The smallest absolute Gasteiger partial charge is 0.244 e. The van der Waals surface area contributed by atoms with E-state index in [9.17, 15) is 18.0 Å². The van der Waals surface area contributed by atoms with E-state index in [4.69, 9.17) is 11.6 Å². The number of hydrogen-bond donors (Lipinski definition) is 1. The summed E-state index contributed by atoms with van der Waals surface area (Å²) in [4.78, 5) is 29.3. The number of carbonyl (C=O) groups excluding carboxylic acids is 2. The Labute approximate surface area is 255 Å². The van der Waals surface area contributed by atoms with Crippen LogP contribution < -0.4 is 9.62 Å². The normalized spacial score (nSPS) is 12.4. The van der Waals surface area contributed by atoms with Gasteiger partial charge in [-0.25, -0.2) is 8.42 Å². The lowest BCUT2D eigenvalue weighted by molar-refractivity contribution is -0.140. The average Bonchev–Trinajstić information content (AvgIpc) is 2.93. The summed E-state index contributed by atoms with van der Waals surface area (Å²) in [7, 11) is -3.83. The number of unbranched alkanes of at least 4 members (excludes halogenated alkanes) is 1. The van der Waals surface area contributed by atoms with E-state index in [-0.39, 0.29) is 24.3 Å². The molecule has 0 spiro atoms. The van der Waals surface area contributed by atoms with E-state index in [1.807, 2.05) is 55.5 Å². The summed E-state index contributed by atoms with van der Waals surface area (Å²) < 4.78 is 27.1. The zero-order chi connectivity index (χ0) is 30.9. The minimum Gasteiger partial charge on any atom is -0.354 e. The Hall–Kier alpha value is -3.36. The van der Waals surface area contributed by atoms with Crippen LogP contribution in [-0.2, 0) is 38.0 Å². The van der Waals surface area contributed by atoms with Crippen LogP contribution >= 0.6 is 11.6 Å². The van der Waals surface area contributed by atoms with Gasteiger partial charge in [0.2, 0.25) is 21.8 Å². The predicted octanol–water partition coefficient (Wildman–Crippen LogP) is 5.96. The van der Waals surface area contributed by atoms with E-state index in [0.29, 0.717) is 17.3 Å². The van der Waals surface area contributed by atoms with Crippen LogP contribution in [0.1, 0.15) is 57.2 Å². The molecule has 0 fully saturated rings. The van der Waals surface area contributed by atoms with Crippen LogP contribution in [0.5, 0.6) is 0 Å². The van der Waals surface area contributed by atoms with Gasteiger partial charge >= 0.3 is 0 Å². The molecule has 226 valence electrons. The Morgan fingerprint density at radius 2 is 1.57 bits per heavy atom. The van der Waals surface area contributed by atoms with Crippen molar-refractivity contribution in [1.82, 2.24) is 10.2 Å². The van der Waals surface area contributed by atoms with Crippen molar-refractivity contribution in [2.45, 2.75) is 65.0 Å². The average molecular weight is 612 g/mol. The van der Waals surface area contributed by atoms with Crippen LogP contribution in [0.3, 0.4) is 0 Å². The third-order valence-electron chi connectivity index (χ3n) is 7.04. The molecule has 42 heavy (non-hydrogen) atoms. The van der Waals surface area contributed by atoms with Gasteiger partial charge in [-0.05, 0) is 52.8 Å². The number of rotatable bonds is 13. The molecule has 0 aliphatic carbocycles. The first kappa shape index (κ1) is 33.1. The van der Waals surface area contributed by atoms with Gasteiger partial charge in [0.25, 0.3) is 0 Å². The van der Waals surface area contributed by atoms with Crippen molar-refractivity contribution in [3.8, 4) is 0 Å². The molecular formula is C33H42ClN3O4S. The van der Waals surface area contributed by atoms with Crippen LogP contribution in [0.15, 0.2) is 78.9 Å². The van der Waals surface area contributed by atoms with Crippen molar-refractivity contribution in [1.29, 1.82) is 0 Å². The SMILES string of the molecule is CCCCNC(=O)C(Cc1ccccc1)N(Cc1cccc(Cl)c1)C(=O)CN(c1ccc(C(C)(C)C)cc1)S(C)(=O)=O. The number of amides is 2. The van der Waals surface area contributed by atoms with Crippen LogP contribution in [0, 0.1) is 0 Å². The first-order chi connectivity index (χ1) is 19.8. The highest BCUT2D eigenvalue weighted by Crippen LogP contribution is 2.26. The van der Waals surface area contributed by atoms with Gasteiger partial charge in [0, 0.05) is 24.5 Å². The molecule has 1 unspecified atom stereocenters. The fraction of sp³-hybridized carbons (Fsp3) is 0.394. The summed E-state index contributed by atoms with van der Waals surface area (Å²) >= 11 is 6.26. The number of halogens is 1. The van der Waals surface area contributed by atoms with Gasteiger partial charge < -0.3 is 10.2 Å². The van der Waals surface area contributed by atoms with Crippen molar-refractivity contribution in [3.63, 3.8) is 0 Å². The predicted molar refractivity (Wildman–Crippen MR) is 171 cm³/mol. The maximum absolute atomic E-state index is 14.2. The highest BCUT2D eigenvalue weighted by molar-refractivity contribution is 7.92. The van der Waals surface area contributed by atoms with Crippen molar-refractivity contribution in [2.75, 3.05) is 23.7 Å². The minimum absolute atomic E-state index is 0.0820. The molecule has 3 aromatic rings. The molecule has 1 N–H and O–H groups in total. The van der Waals surface area contributed by atoms with Crippen LogP contribution in [0.4, 0.5) is 5.69 Å². The molecule has 3 rings (SSSR count). The molecule has 9 heteroatoms. The summed E-state index contributed by atoms with van der Waals surface area (Å²) in [5.41, 5.74) is 2.92. The van der Waals surface area contributed by atoms with E-state index >= 15 is 0 Å². The van der Waals surface area contributed by atoms with Gasteiger partial charge in [0.05, 0.1) is 11.9 Å². The first-order valence-electron chi connectivity index (χ1n) is 14.2. The number of nitrogens with one attached hydrogen (secondary N) is 1. The summed E-state index contributed by atoms with van der Waals surface area (Å²) in [6, 6.07) is 22.9. The second-order valence-electron chi connectivity index (χ2n) is 11.6. The molecule has 1 atom stereocenters. The number of anilines is 1. The number of hydrogen-bond acceptors (Lipinski definition) is 4. The monoisotopic (exact) mass is 611 g/mol. The van der Waals surface area contributed by atoms with Crippen molar-refractivity contribution >= 4 is 39.1 Å². The number of carbonyl (C=O) groups is 2. The molecule has 0 heterocycles. The van der Waals surface area contributed by atoms with E-state index < -0.39 is 28.5 Å². The third-order valence-corrected chi connectivity index (χ3v) is 8.42. The molecule has 0 aliphatic rings. The highest BCUT2D eigenvalue weighted by Gasteiger charge is 2.33. The Balaban J connectivity index is 2.03. The summed E-state index contributed by atoms with van der Waals surface area (Å²) in [5, 5.41) is 3.48. The van der Waals surface area contributed by atoms with Gasteiger partial charge in [-0.1, -0.05) is 100 Å². The Morgan fingerprint density at radius 3 is 2.14 bits per heavy atom. The van der Waals surface area contributed by atoms with Crippen molar-refractivity contribution in [3.05, 3.63) is 101 Å². The minimum atomic E-state index is -3.83. The van der Waals surface area contributed by atoms with Gasteiger partial charge in [-0.15, -0.1) is 0 Å². The van der Waals surface area contributed by atoms with E-state index in [2.05, 4.69) is 26.1 Å². The third kappa shape index (κ3) is 9.60. The topological polar surface area (TPSA) is 86.8 Å². The van der Waals surface area contributed by atoms with E-state index in [1.165, 1.54) is 4.90 Å². The molecule has 0 saturated heterocycles. The quantitative estimate of drug-likeness (QED) is 0.242. The Bertz CT molecular complexity index is 1440. The van der Waals surface area contributed by atoms with Crippen molar-refractivity contribution in [2.24, 2.45) is 0 Å². The van der Waals surface area contributed by atoms with Gasteiger partial charge in [0.1, 0.15) is 12.6 Å². The van der Waals surface area contributed by atoms with E-state index in [1.54, 1.807) is 30.3 Å². The zero-order valence-electron chi connectivity index (χ0n) is 25.1. The zero-order valence-corrected chi connectivity index (χ0v) is 26.7. The van der Waals surface area contributed by atoms with Gasteiger partial charge in [0.15, 0.2) is 0 Å². The maximum atomic E-state index is 14.2. The first-order valence-corrected chi connectivity index (χ1v) is 16.5. The molecule has 7 nitrogen and oxygen atoms in total. The van der Waals surface area contributed by atoms with Crippen molar-refractivity contribution < 1.29 is 18.0 Å². The molecule has 0 aliphatic heterocycles. The van der Waals surface area contributed by atoms with Crippen LogP contribution in [-0.4, -0.2) is 50.5 Å². The van der Waals surface area contributed by atoms with Gasteiger partial charge in [-0.3, -0.25) is 13.9 Å². The van der Waals surface area contributed by atoms with Crippen LogP contribution in [0.25, 0.3) is 0 Å². The second kappa shape index (κ2) is 14.7. The molecule has 0 bridgehead atoms. The maximum Gasteiger partial charge on any atom is 0.244 e. The summed E-state index contributed by atoms with van der Waals surface area (Å²) in [6.45, 7) is 8.37. The fourth-order valence-corrected chi connectivity index (χ4v) is 5.70. The fourth-order valence-electron chi connectivity index (χ4n) is 4.63. The molecule has 3 aromatic carbocycles. The van der Waals surface area contributed by atoms with Gasteiger partial charge in [-0.2, -0.15) is 0 Å². The van der Waals surface area contributed by atoms with Crippen LogP contribution in [0.2, 0.25) is 5.02 Å². The number of sulfonamides is 1. The number of nitrogens with zero attached hydrogens (tertiary/aromatic N) is 2.